The normalized spacial score (nSPS) is 12.9. The predicted molar refractivity (Wildman–Crippen MR) is 184 cm³/mol. The number of carbonyl (C=O) groups is 2. The molecule has 6 nitrogen and oxygen atoms in total. The van der Waals surface area contributed by atoms with Gasteiger partial charge < -0.3 is 19.7 Å². The number of hydrogen-bond donors (Lipinski definition) is 1. The Kier molecular flexibility index (Phi) is 31.4. The van der Waals surface area contributed by atoms with Crippen molar-refractivity contribution in [1.29, 1.82) is 0 Å². The van der Waals surface area contributed by atoms with Crippen LogP contribution < -0.4 is 5.32 Å². The number of unbranched alkanes of at least 4 members (excludes halogenated alkanes) is 18. The number of nitrogens with one attached hydrogen (secondary N) is 1. The molecule has 0 aromatic carbocycles. The molecule has 2 atom stereocenters. The predicted octanol–water partition coefficient (Wildman–Crippen LogP) is 9.77. The lowest BCUT2D eigenvalue weighted by atomic mass is 10.0. The average molecular weight is 611 g/mol. The summed E-state index contributed by atoms with van der Waals surface area (Å²) in [7, 11) is 2.02. The van der Waals surface area contributed by atoms with Crippen LogP contribution in [0.25, 0.3) is 0 Å². The standard InChI is InChI=1S/C37H74N2O4/c1-6-8-10-12-14-16-18-20-22-24-26-34(3)42-36(40)28-30-38-31-33-39(5)32-29-37(41)43-35(4)27-25-23-21-19-17-15-13-11-9-7-2/h34-35,38H,6-33H2,1-5H3. The molecule has 0 saturated heterocycles. The van der Waals surface area contributed by atoms with E-state index in [2.05, 4.69) is 24.1 Å². The van der Waals surface area contributed by atoms with Crippen molar-refractivity contribution in [2.45, 2.75) is 194 Å². The van der Waals surface area contributed by atoms with E-state index in [0.717, 1.165) is 38.8 Å². The van der Waals surface area contributed by atoms with Crippen molar-refractivity contribution in [1.82, 2.24) is 10.2 Å². The van der Waals surface area contributed by atoms with Gasteiger partial charge in [-0.25, -0.2) is 0 Å². The Morgan fingerprint density at radius 3 is 1.33 bits per heavy atom. The van der Waals surface area contributed by atoms with Crippen molar-refractivity contribution in [2.75, 3.05) is 33.2 Å². The van der Waals surface area contributed by atoms with Gasteiger partial charge in [0.2, 0.25) is 0 Å². The van der Waals surface area contributed by atoms with Gasteiger partial charge >= 0.3 is 11.9 Å². The first-order chi connectivity index (χ1) is 20.9. The molecule has 0 rings (SSSR count). The second kappa shape index (κ2) is 32.3. The lowest BCUT2D eigenvalue weighted by Crippen LogP contribution is -2.32. The summed E-state index contributed by atoms with van der Waals surface area (Å²) in [5, 5.41) is 3.32. The summed E-state index contributed by atoms with van der Waals surface area (Å²) >= 11 is 0. The van der Waals surface area contributed by atoms with Crippen LogP contribution in [0.2, 0.25) is 0 Å². The van der Waals surface area contributed by atoms with Gasteiger partial charge in [-0.15, -0.1) is 0 Å². The third-order valence-corrected chi connectivity index (χ3v) is 8.47. The van der Waals surface area contributed by atoms with Crippen LogP contribution in [0.5, 0.6) is 0 Å². The quantitative estimate of drug-likeness (QED) is 0.0589. The lowest BCUT2D eigenvalue weighted by Gasteiger charge is -2.18. The monoisotopic (exact) mass is 611 g/mol. The summed E-state index contributed by atoms with van der Waals surface area (Å²) in [6.07, 6.45) is 29.2. The molecule has 0 saturated carbocycles. The van der Waals surface area contributed by atoms with E-state index < -0.39 is 0 Å². The average Bonchev–Trinajstić information content (AvgIpc) is 2.97. The fourth-order valence-electron chi connectivity index (χ4n) is 5.50. The van der Waals surface area contributed by atoms with E-state index in [4.69, 9.17) is 9.47 Å². The number of nitrogens with zero attached hydrogens (tertiary/aromatic N) is 1. The molecule has 0 fully saturated rings. The minimum absolute atomic E-state index is 0.00468. The lowest BCUT2D eigenvalue weighted by molar-refractivity contribution is -0.149. The Bertz CT molecular complexity index is 615. The molecule has 1 N–H and O–H groups in total. The van der Waals surface area contributed by atoms with Crippen LogP contribution in [0.15, 0.2) is 0 Å². The highest BCUT2D eigenvalue weighted by molar-refractivity contribution is 5.70. The smallest absolute Gasteiger partial charge is 0.307 e. The van der Waals surface area contributed by atoms with Gasteiger partial charge in [-0.1, -0.05) is 129 Å². The van der Waals surface area contributed by atoms with Gasteiger partial charge in [-0.2, -0.15) is 0 Å². The molecule has 6 heteroatoms. The second-order valence-corrected chi connectivity index (χ2v) is 13.1. The van der Waals surface area contributed by atoms with E-state index in [-0.39, 0.29) is 24.1 Å². The molecule has 0 aliphatic carbocycles. The van der Waals surface area contributed by atoms with Crippen LogP contribution in [0.1, 0.15) is 182 Å². The van der Waals surface area contributed by atoms with Gasteiger partial charge in [0.05, 0.1) is 25.0 Å². The highest BCUT2D eigenvalue weighted by Crippen LogP contribution is 2.14. The molecule has 0 aliphatic rings. The first-order valence-corrected chi connectivity index (χ1v) is 18.7. The summed E-state index contributed by atoms with van der Waals surface area (Å²) in [6, 6.07) is 0. The van der Waals surface area contributed by atoms with Crippen molar-refractivity contribution >= 4 is 11.9 Å². The van der Waals surface area contributed by atoms with Crippen LogP contribution in [0.4, 0.5) is 0 Å². The molecule has 0 amide bonds. The van der Waals surface area contributed by atoms with E-state index >= 15 is 0 Å². The van der Waals surface area contributed by atoms with Gasteiger partial charge in [0, 0.05) is 26.2 Å². The molecule has 2 unspecified atom stereocenters. The molecule has 0 spiro atoms. The zero-order valence-corrected chi connectivity index (χ0v) is 29.5. The van der Waals surface area contributed by atoms with Crippen LogP contribution >= 0.6 is 0 Å². The fraction of sp³-hybridized carbons (Fsp3) is 0.946. The number of hydrogen-bond acceptors (Lipinski definition) is 6. The van der Waals surface area contributed by atoms with Crippen molar-refractivity contribution in [2.24, 2.45) is 0 Å². The van der Waals surface area contributed by atoms with E-state index in [1.54, 1.807) is 0 Å². The zero-order chi connectivity index (χ0) is 31.8. The summed E-state index contributed by atoms with van der Waals surface area (Å²) in [6.45, 7) is 11.5. The van der Waals surface area contributed by atoms with Crippen molar-refractivity contribution in [3.8, 4) is 0 Å². The second-order valence-electron chi connectivity index (χ2n) is 13.1. The molecule has 0 aromatic rings. The molecule has 0 radical (unpaired) electrons. The Balaban J connectivity index is 3.58. The van der Waals surface area contributed by atoms with E-state index in [1.807, 2.05) is 20.9 Å². The summed E-state index contributed by atoms with van der Waals surface area (Å²) in [5.41, 5.74) is 0. The number of ether oxygens (including phenoxy) is 2. The van der Waals surface area contributed by atoms with Gasteiger partial charge in [0.15, 0.2) is 0 Å². The van der Waals surface area contributed by atoms with Crippen LogP contribution in [0.3, 0.4) is 0 Å². The van der Waals surface area contributed by atoms with Crippen molar-refractivity contribution < 1.29 is 19.1 Å². The van der Waals surface area contributed by atoms with Gasteiger partial charge in [-0.05, 0) is 46.6 Å². The molecule has 256 valence electrons. The maximum absolute atomic E-state index is 12.2. The van der Waals surface area contributed by atoms with Crippen LogP contribution in [-0.4, -0.2) is 62.3 Å². The largest absolute Gasteiger partial charge is 0.463 e. The number of carbonyl (C=O) groups excluding carboxylic acids is 2. The van der Waals surface area contributed by atoms with E-state index in [9.17, 15) is 9.59 Å². The number of esters is 2. The molecule has 0 bridgehead atoms. The molecule has 0 aromatic heterocycles. The third kappa shape index (κ3) is 32.1. The first-order valence-electron chi connectivity index (χ1n) is 18.7. The molecular formula is C37H74N2O4. The Hall–Kier alpha value is -1.14. The Morgan fingerprint density at radius 2 is 0.907 bits per heavy atom. The molecular weight excluding hydrogens is 536 g/mol. The molecule has 0 heterocycles. The molecule has 43 heavy (non-hydrogen) atoms. The van der Waals surface area contributed by atoms with E-state index in [0.29, 0.717) is 25.9 Å². The van der Waals surface area contributed by atoms with Gasteiger partial charge in [0.1, 0.15) is 0 Å². The summed E-state index contributed by atoms with van der Waals surface area (Å²) in [5.74, 6) is -0.218. The highest BCUT2D eigenvalue weighted by atomic mass is 16.5. The topological polar surface area (TPSA) is 67.9 Å². The van der Waals surface area contributed by atoms with Crippen molar-refractivity contribution in [3.63, 3.8) is 0 Å². The highest BCUT2D eigenvalue weighted by Gasteiger charge is 2.12. The van der Waals surface area contributed by atoms with E-state index in [1.165, 1.54) is 116 Å². The SMILES string of the molecule is CCCCCCCCCCCCC(C)OC(=O)CCNCCN(C)CCC(=O)OC(C)CCCCCCCCCCCC. The minimum Gasteiger partial charge on any atom is -0.463 e. The first kappa shape index (κ1) is 41.9. The number of rotatable bonds is 33. The fourth-order valence-corrected chi connectivity index (χ4v) is 5.50. The van der Waals surface area contributed by atoms with Gasteiger partial charge in [-0.3, -0.25) is 9.59 Å². The summed E-state index contributed by atoms with van der Waals surface area (Å²) < 4.78 is 11.2. The Morgan fingerprint density at radius 1 is 0.535 bits per heavy atom. The molecule has 0 aliphatic heterocycles. The van der Waals surface area contributed by atoms with Gasteiger partial charge in [0.25, 0.3) is 0 Å². The van der Waals surface area contributed by atoms with Crippen LogP contribution in [-0.2, 0) is 19.1 Å². The van der Waals surface area contributed by atoms with Crippen molar-refractivity contribution in [3.05, 3.63) is 0 Å². The Labute approximate surface area is 268 Å². The maximum Gasteiger partial charge on any atom is 0.307 e. The zero-order valence-electron chi connectivity index (χ0n) is 29.5. The maximum atomic E-state index is 12.2. The third-order valence-electron chi connectivity index (χ3n) is 8.47. The number of likely N-dealkylation sites (N-methyl/N-ethyl adjacent to an activating group) is 1. The summed E-state index contributed by atoms with van der Waals surface area (Å²) in [4.78, 5) is 26.5. The minimum atomic E-state index is -0.116. The van der Waals surface area contributed by atoms with Crippen LogP contribution in [0, 0.1) is 0 Å².